The summed E-state index contributed by atoms with van der Waals surface area (Å²) in [5.74, 6) is 1.12. The molecule has 0 heterocycles. The highest BCUT2D eigenvalue weighted by Crippen LogP contribution is 2.26. The first kappa shape index (κ1) is 15.3. The van der Waals surface area contributed by atoms with Crippen molar-refractivity contribution in [1.29, 1.82) is 0 Å². The standard InChI is InChI=1S/C15H23NO3/c1-5-19-15(17)9-12-6-7-14(18-4)13(8-12)16-10-11(2)3/h6-8,11,16H,5,9-10H2,1-4H3. The van der Waals surface area contributed by atoms with Gasteiger partial charge in [-0.05, 0) is 30.5 Å². The number of ether oxygens (including phenoxy) is 2. The molecule has 19 heavy (non-hydrogen) atoms. The number of methoxy groups -OCH3 is 1. The minimum absolute atomic E-state index is 0.206. The van der Waals surface area contributed by atoms with Crippen LogP contribution in [0.4, 0.5) is 5.69 Å². The van der Waals surface area contributed by atoms with Crippen LogP contribution in [-0.4, -0.2) is 26.2 Å². The van der Waals surface area contributed by atoms with Crippen LogP contribution in [0.15, 0.2) is 18.2 Å². The summed E-state index contributed by atoms with van der Waals surface area (Å²) in [5, 5.41) is 3.33. The van der Waals surface area contributed by atoms with E-state index in [9.17, 15) is 4.79 Å². The monoisotopic (exact) mass is 265 g/mol. The molecular weight excluding hydrogens is 242 g/mol. The predicted octanol–water partition coefficient (Wildman–Crippen LogP) is 2.87. The molecule has 0 spiro atoms. The summed E-state index contributed by atoms with van der Waals surface area (Å²) in [6.07, 6.45) is 0.286. The van der Waals surface area contributed by atoms with Gasteiger partial charge in [0.1, 0.15) is 5.75 Å². The third-order valence-electron chi connectivity index (χ3n) is 2.62. The van der Waals surface area contributed by atoms with Crippen LogP contribution in [0.1, 0.15) is 26.3 Å². The van der Waals surface area contributed by atoms with Gasteiger partial charge in [-0.2, -0.15) is 0 Å². The lowest BCUT2D eigenvalue weighted by Crippen LogP contribution is -2.11. The summed E-state index contributed by atoms with van der Waals surface area (Å²) < 4.78 is 10.3. The smallest absolute Gasteiger partial charge is 0.310 e. The molecule has 0 aromatic heterocycles. The molecule has 0 aliphatic carbocycles. The van der Waals surface area contributed by atoms with E-state index in [1.807, 2.05) is 25.1 Å². The number of benzene rings is 1. The van der Waals surface area contributed by atoms with Crippen LogP contribution in [-0.2, 0) is 16.0 Å². The van der Waals surface area contributed by atoms with Gasteiger partial charge in [0, 0.05) is 6.54 Å². The van der Waals surface area contributed by atoms with E-state index in [0.29, 0.717) is 12.5 Å². The number of rotatable bonds is 7. The molecule has 1 aromatic carbocycles. The van der Waals surface area contributed by atoms with Crippen molar-refractivity contribution in [2.75, 3.05) is 25.6 Å². The quantitative estimate of drug-likeness (QED) is 0.770. The van der Waals surface area contributed by atoms with Gasteiger partial charge in [0.15, 0.2) is 0 Å². The highest BCUT2D eigenvalue weighted by molar-refractivity contribution is 5.73. The van der Waals surface area contributed by atoms with Crippen molar-refractivity contribution in [1.82, 2.24) is 0 Å². The number of carbonyl (C=O) groups excluding carboxylic acids is 1. The number of carbonyl (C=O) groups is 1. The van der Waals surface area contributed by atoms with Gasteiger partial charge in [-0.25, -0.2) is 0 Å². The maximum atomic E-state index is 11.5. The summed E-state index contributed by atoms with van der Waals surface area (Å²) in [4.78, 5) is 11.5. The van der Waals surface area contributed by atoms with Crippen LogP contribution < -0.4 is 10.1 Å². The van der Waals surface area contributed by atoms with E-state index in [-0.39, 0.29) is 12.4 Å². The molecule has 1 rings (SSSR count). The van der Waals surface area contributed by atoms with Crippen molar-refractivity contribution in [3.63, 3.8) is 0 Å². The summed E-state index contributed by atoms with van der Waals surface area (Å²) in [7, 11) is 1.64. The first-order chi connectivity index (χ1) is 9.06. The Hall–Kier alpha value is -1.71. The average molecular weight is 265 g/mol. The Labute approximate surface area is 115 Å². The van der Waals surface area contributed by atoms with Crippen LogP contribution in [0.2, 0.25) is 0 Å². The molecule has 0 saturated carbocycles. The molecule has 0 aliphatic rings. The van der Waals surface area contributed by atoms with E-state index < -0.39 is 0 Å². The normalized spacial score (nSPS) is 10.4. The fourth-order valence-electron chi connectivity index (χ4n) is 1.70. The molecule has 106 valence electrons. The molecule has 0 radical (unpaired) electrons. The first-order valence-corrected chi connectivity index (χ1v) is 6.63. The highest BCUT2D eigenvalue weighted by atomic mass is 16.5. The minimum atomic E-state index is -0.206. The Kier molecular flexibility index (Phi) is 6.19. The first-order valence-electron chi connectivity index (χ1n) is 6.63. The van der Waals surface area contributed by atoms with Crippen molar-refractivity contribution in [3.8, 4) is 5.75 Å². The minimum Gasteiger partial charge on any atom is -0.495 e. The van der Waals surface area contributed by atoms with Crippen LogP contribution in [0.5, 0.6) is 5.75 Å². The third-order valence-corrected chi connectivity index (χ3v) is 2.62. The Morgan fingerprint density at radius 3 is 2.68 bits per heavy atom. The van der Waals surface area contributed by atoms with Gasteiger partial charge in [-0.15, -0.1) is 0 Å². The second-order valence-corrected chi connectivity index (χ2v) is 4.79. The Bertz CT molecular complexity index is 416. The van der Waals surface area contributed by atoms with Crippen LogP contribution in [0.25, 0.3) is 0 Å². The predicted molar refractivity (Wildman–Crippen MR) is 76.7 cm³/mol. The molecule has 1 N–H and O–H groups in total. The Morgan fingerprint density at radius 1 is 1.37 bits per heavy atom. The maximum Gasteiger partial charge on any atom is 0.310 e. The van der Waals surface area contributed by atoms with E-state index in [2.05, 4.69) is 19.2 Å². The van der Waals surface area contributed by atoms with Gasteiger partial charge in [0.2, 0.25) is 0 Å². The van der Waals surface area contributed by atoms with Crippen molar-refractivity contribution < 1.29 is 14.3 Å². The SMILES string of the molecule is CCOC(=O)Cc1ccc(OC)c(NCC(C)C)c1. The molecule has 0 bridgehead atoms. The van der Waals surface area contributed by atoms with Gasteiger partial charge in [0.05, 0.1) is 25.8 Å². The molecule has 4 heteroatoms. The number of hydrogen-bond donors (Lipinski definition) is 1. The molecule has 0 atom stereocenters. The zero-order valence-electron chi connectivity index (χ0n) is 12.2. The molecule has 0 aliphatic heterocycles. The third kappa shape index (κ3) is 5.20. The van der Waals surface area contributed by atoms with Crippen molar-refractivity contribution in [3.05, 3.63) is 23.8 Å². The van der Waals surface area contributed by atoms with Gasteiger partial charge in [-0.3, -0.25) is 4.79 Å². The average Bonchev–Trinajstić information content (AvgIpc) is 2.36. The summed E-state index contributed by atoms with van der Waals surface area (Å²) in [5.41, 5.74) is 1.84. The van der Waals surface area contributed by atoms with Crippen LogP contribution in [0.3, 0.4) is 0 Å². The zero-order chi connectivity index (χ0) is 14.3. The molecule has 0 saturated heterocycles. The van der Waals surface area contributed by atoms with Crippen molar-refractivity contribution in [2.24, 2.45) is 5.92 Å². The number of nitrogens with one attached hydrogen (secondary N) is 1. The van der Waals surface area contributed by atoms with Crippen molar-refractivity contribution in [2.45, 2.75) is 27.2 Å². The van der Waals surface area contributed by atoms with E-state index in [4.69, 9.17) is 9.47 Å². The molecular formula is C15H23NO3. The summed E-state index contributed by atoms with van der Waals surface area (Å²) in [6.45, 7) is 7.36. The second kappa shape index (κ2) is 7.67. The summed E-state index contributed by atoms with van der Waals surface area (Å²) >= 11 is 0. The summed E-state index contributed by atoms with van der Waals surface area (Å²) in [6, 6.07) is 5.70. The lowest BCUT2D eigenvalue weighted by Gasteiger charge is -2.14. The van der Waals surface area contributed by atoms with E-state index in [1.54, 1.807) is 7.11 Å². The maximum absolute atomic E-state index is 11.5. The Morgan fingerprint density at radius 2 is 2.11 bits per heavy atom. The van der Waals surface area contributed by atoms with Gasteiger partial charge < -0.3 is 14.8 Å². The fourth-order valence-corrected chi connectivity index (χ4v) is 1.70. The molecule has 4 nitrogen and oxygen atoms in total. The Balaban J connectivity index is 2.79. The second-order valence-electron chi connectivity index (χ2n) is 4.79. The van der Waals surface area contributed by atoms with Crippen LogP contribution in [0, 0.1) is 5.92 Å². The highest BCUT2D eigenvalue weighted by Gasteiger charge is 2.08. The zero-order valence-corrected chi connectivity index (χ0v) is 12.2. The van der Waals surface area contributed by atoms with Crippen molar-refractivity contribution >= 4 is 11.7 Å². The van der Waals surface area contributed by atoms with Gasteiger partial charge in [0.25, 0.3) is 0 Å². The van der Waals surface area contributed by atoms with Gasteiger partial charge >= 0.3 is 5.97 Å². The number of esters is 1. The van der Waals surface area contributed by atoms with E-state index in [0.717, 1.165) is 23.5 Å². The lowest BCUT2D eigenvalue weighted by molar-refractivity contribution is -0.142. The topological polar surface area (TPSA) is 47.6 Å². The lowest BCUT2D eigenvalue weighted by atomic mass is 10.1. The molecule has 0 amide bonds. The van der Waals surface area contributed by atoms with Crippen LogP contribution >= 0.6 is 0 Å². The largest absolute Gasteiger partial charge is 0.495 e. The molecule has 0 fully saturated rings. The molecule has 1 aromatic rings. The number of anilines is 1. The molecule has 0 unspecified atom stereocenters. The van der Waals surface area contributed by atoms with E-state index in [1.165, 1.54) is 0 Å². The fraction of sp³-hybridized carbons (Fsp3) is 0.533. The number of hydrogen-bond acceptors (Lipinski definition) is 4. The van der Waals surface area contributed by atoms with E-state index >= 15 is 0 Å². The van der Waals surface area contributed by atoms with Gasteiger partial charge in [-0.1, -0.05) is 19.9 Å².